The van der Waals surface area contributed by atoms with Gasteiger partial charge in [-0.3, -0.25) is 4.79 Å². The summed E-state index contributed by atoms with van der Waals surface area (Å²) in [7, 11) is 0.889. The van der Waals surface area contributed by atoms with Gasteiger partial charge < -0.3 is 18.9 Å². The molecule has 146 valence electrons. The lowest BCUT2D eigenvalue weighted by molar-refractivity contribution is -0.150. The van der Waals surface area contributed by atoms with Gasteiger partial charge >= 0.3 is 13.1 Å². The number of rotatable bonds is 4. The first-order valence-electron chi connectivity index (χ1n) is 9.42. The minimum atomic E-state index is -0.530. The van der Waals surface area contributed by atoms with E-state index in [0.717, 1.165) is 11.0 Å². The molecule has 1 aromatic rings. The van der Waals surface area contributed by atoms with Gasteiger partial charge in [0.25, 0.3) is 0 Å². The van der Waals surface area contributed by atoms with E-state index < -0.39 is 24.4 Å². The fourth-order valence-electron chi connectivity index (χ4n) is 3.66. The van der Waals surface area contributed by atoms with Gasteiger partial charge in [0.15, 0.2) is 0 Å². The van der Waals surface area contributed by atoms with Gasteiger partial charge in [-0.25, -0.2) is 4.79 Å². The summed E-state index contributed by atoms with van der Waals surface area (Å²) >= 11 is 0. The quantitative estimate of drug-likeness (QED) is 0.598. The van der Waals surface area contributed by atoms with Crippen molar-refractivity contribution in [3.63, 3.8) is 0 Å². The molecule has 0 bridgehead atoms. The monoisotopic (exact) mass is 373 g/mol. The second-order valence-corrected chi connectivity index (χ2v) is 8.31. The van der Waals surface area contributed by atoms with E-state index in [0.29, 0.717) is 12.8 Å². The topological polar surface area (TPSA) is 65.1 Å². The van der Waals surface area contributed by atoms with E-state index in [1.807, 2.05) is 58.9 Å². The lowest BCUT2D eigenvalue weighted by atomic mass is 9.78. The summed E-state index contributed by atoms with van der Waals surface area (Å²) in [6.07, 6.45) is 0.855. The number of esters is 1. The molecule has 0 N–H and O–H groups in total. The van der Waals surface area contributed by atoms with Gasteiger partial charge in [-0.15, -0.1) is 0 Å². The Morgan fingerprint density at radius 1 is 1.26 bits per heavy atom. The Balaban J connectivity index is 1.85. The van der Waals surface area contributed by atoms with Gasteiger partial charge in [0.1, 0.15) is 6.04 Å². The Hall–Kier alpha value is -1.86. The van der Waals surface area contributed by atoms with Crippen LogP contribution in [0, 0.1) is 0 Å². The molecule has 2 saturated heterocycles. The van der Waals surface area contributed by atoms with Crippen LogP contribution in [-0.2, 0) is 23.6 Å². The van der Waals surface area contributed by atoms with Gasteiger partial charge in [0.2, 0.25) is 5.91 Å². The zero-order chi connectivity index (χ0) is 20.0. The molecule has 0 radical (unpaired) electrons. The maximum absolute atomic E-state index is 12.4. The van der Waals surface area contributed by atoms with E-state index in [1.54, 1.807) is 4.90 Å². The summed E-state index contributed by atoms with van der Waals surface area (Å²) in [6.45, 7) is 10.0. The second kappa shape index (κ2) is 6.95. The zero-order valence-electron chi connectivity index (χ0n) is 16.9. The number of carbonyl (C=O) groups is 2. The molecule has 0 aliphatic carbocycles. The predicted octanol–water partition coefficient (Wildman–Crippen LogP) is 2.21. The first-order chi connectivity index (χ1) is 12.6. The Labute approximate surface area is 161 Å². The number of hydrogen-bond acceptors (Lipinski definition) is 5. The Bertz CT molecular complexity index is 732. The molecule has 2 unspecified atom stereocenters. The molecule has 0 aromatic heterocycles. The average Bonchev–Trinajstić information content (AvgIpc) is 3.10. The van der Waals surface area contributed by atoms with Crippen molar-refractivity contribution in [1.82, 2.24) is 4.90 Å². The molecule has 1 aromatic carbocycles. The number of carbonyl (C=O) groups excluding carboxylic acids is 2. The van der Waals surface area contributed by atoms with E-state index in [1.165, 1.54) is 7.11 Å². The number of ether oxygens (including phenoxy) is 1. The standard InChI is InChI=1S/C20H28BNO5/c1-13(22-16(18(24)25-6)10-11-17(22)23)14-8-7-9-15(12-14)21-26-19(2,3)20(4,5)27-21/h7-9,12-13,16H,10-11H2,1-6H3. The van der Waals surface area contributed by atoms with Crippen LogP contribution in [0.3, 0.4) is 0 Å². The molecule has 7 heteroatoms. The van der Waals surface area contributed by atoms with Gasteiger partial charge in [0, 0.05) is 6.42 Å². The number of hydrogen-bond donors (Lipinski definition) is 0. The summed E-state index contributed by atoms with van der Waals surface area (Å²) in [6, 6.07) is 7.07. The van der Waals surface area contributed by atoms with Crippen molar-refractivity contribution in [2.45, 2.75) is 70.7 Å². The third-order valence-electron chi connectivity index (χ3n) is 6.06. The smallest absolute Gasteiger partial charge is 0.467 e. The first-order valence-corrected chi connectivity index (χ1v) is 9.42. The van der Waals surface area contributed by atoms with Crippen molar-refractivity contribution in [3.8, 4) is 0 Å². The van der Waals surface area contributed by atoms with Crippen LogP contribution < -0.4 is 5.46 Å². The summed E-state index contributed by atoms with van der Waals surface area (Å²) in [5.41, 5.74) is 1.01. The second-order valence-electron chi connectivity index (χ2n) is 8.31. The highest BCUT2D eigenvalue weighted by molar-refractivity contribution is 6.62. The maximum Gasteiger partial charge on any atom is 0.494 e. The Morgan fingerprint density at radius 3 is 2.48 bits per heavy atom. The van der Waals surface area contributed by atoms with Crippen molar-refractivity contribution in [2.24, 2.45) is 0 Å². The Kier molecular flexibility index (Phi) is 5.12. The van der Waals surface area contributed by atoms with Crippen LogP contribution in [0.4, 0.5) is 0 Å². The molecule has 2 aliphatic heterocycles. The summed E-state index contributed by atoms with van der Waals surface area (Å²) in [5.74, 6) is -0.395. The van der Waals surface area contributed by atoms with Crippen molar-refractivity contribution in [3.05, 3.63) is 29.8 Å². The highest BCUT2D eigenvalue weighted by atomic mass is 16.7. The highest BCUT2D eigenvalue weighted by Gasteiger charge is 2.51. The fraction of sp³-hybridized carbons (Fsp3) is 0.600. The number of nitrogens with zero attached hydrogens (tertiary/aromatic N) is 1. The lowest BCUT2D eigenvalue weighted by Gasteiger charge is -2.32. The number of amides is 1. The van der Waals surface area contributed by atoms with Crippen molar-refractivity contribution in [1.29, 1.82) is 0 Å². The minimum Gasteiger partial charge on any atom is -0.467 e. The van der Waals surface area contributed by atoms with E-state index in [2.05, 4.69) is 0 Å². The molecule has 2 aliphatic rings. The lowest BCUT2D eigenvalue weighted by Crippen LogP contribution is -2.41. The van der Waals surface area contributed by atoms with E-state index in [9.17, 15) is 9.59 Å². The molecular weight excluding hydrogens is 345 g/mol. The Morgan fingerprint density at radius 2 is 1.89 bits per heavy atom. The largest absolute Gasteiger partial charge is 0.494 e. The SMILES string of the molecule is COC(=O)C1CCC(=O)N1C(C)c1cccc(B2OC(C)(C)C(C)(C)O2)c1. The van der Waals surface area contributed by atoms with Crippen LogP contribution in [-0.4, -0.2) is 48.2 Å². The van der Waals surface area contributed by atoms with Crippen LogP contribution in [0.25, 0.3) is 0 Å². The summed E-state index contributed by atoms with van der Waals surface area (Å²) in [4.78, 5) is 26.1. The molecule has 0 spiro atoms. The first kappa shape index (κ1) is 19.9. The molecule has 0 saturated carbocycles. The van der Waals surface area contributed by atoms with Crippen LogP contribution >= 0.6 is 0 Å². The van der Waals surface area contributed by atoms with Crippen LogP contribution in [0.2, 0.25) is 0 Å². The predicted molar refractivity (Wildman–Crippen MR) is 102 cm³/mol. The maximum atomic E-state index is 12.4. The molecule has 27 heavy (non-hydrogen) atoms. The highest BCUT2D eigenvalue weighted by Crippen LogP contribution is 2.37. The number of benzene rings is 1. The van der Waals surface area contributed by atoms with Gasteiger partial charge in [-0.05, 0) is 52.1 Å². The normalized spacial score (nSPS) is 25.0. The van der Waals surface area contributed by atoms with E-state index >= 15 is 0 Å². The van der Waals surface area contributed by atoms with Gasteiger partial charge in [-0.2, -0.15) is 0 Å². The molecule has 6 nitrogen and oxygen atoms in total. The molecular formula is C20H28BNO5. The zero-order valence-corrected chi connectivity index (χ0v) is 16.9. The van der Waals surface area contributed by atoms with Crippen LogP contribution in [0.1, 0.15) is 59.1 Å². The van der Waals surface area contributed by atoms with E-state index in [4.69, 9.17) is 14.0 Å². The van der Waals surface area contributed by atoms with Crippen molar-refractivity contribution in [2.75, 3.05) is 7.11 Å². The molecule has 2 fully saturated rings. The molecule has 3 rings (SSSR count). The number of likely N-dealkylation sites (tertiary alicyclic amines) is 1. The summed E-state index contributed by atoms with van der Waals surface area (Å²) < 4.78 is 17.1. The molecule has 1 amide bonds. The molecule has 2 heterocycles. The van der Waals surface area contributed by atoms with Gasteiger partial charge in [0.05, 0.1) is 24.4 Å². The van der Waals surface area contributed by atoms with Gasteiger partial charge in [-0.1, -0.05) is 24.3 Å². The number of methoxy groups -OCH3 is 1. The van der Waals surface area contributed by atoms with Crippen LogP contribution in [0.5, 0.6) is 0 Å². The van der Waals surface area contributed by atoms with Crippen molar-refractivity contribution >= 4 is 24.5 Å². The van der Waals surface area contributed by atoms with Crippen LogP contribution in [0.15, 0.2) is 24.3 Å². The fourth-order valence-corrected chi connectivity index (χ4v) is 3.66. The summed E-state index contributed by atoms with van der Waals surface area (Å²) in [5, 5.41) is 0. The minimum absolute atomic E-state index is 0.0288. The van der Waals surface area contributed by atoms with Crippen molar-refractivity contribution < 1.29 is 23.6 Å². The third-order valence-corrected chi connectivity index (χ3v) is 6.06. The third kappa shape index (κ3) is 3.50. The van der Waals surface area contributed by atoms with E-state index in [-0.39, 0.29) is 17.9 Å². The average molecular weight is 373 g/mol. The molecule has 2 atom stereocenters.